The van der Waals surface area contributed by atoms with Gasteiger partial charge in [-0.2, -0.15) is 0 Å². The predicted molar refractivity (Wildman–Crippen MR) is 66.2 cm³/mol. The van der Waals surface area contributed by atoms with Crippen LogP contribution in [0.15, 0.2) is 23.1 Å². The van der Waals surface area contributed by atoms with E-state index in [2.05, 4.69) is 43.5 Å². The maximum absolute atomic E-state index is 5.89. The second kappa shape index (κ2) is 4.35. The van der Waals surface area contributed by atoms with Crippen molar-refractivity contribution >= 4 is 17.4 Å². The second-order valence-corrected chi connectivity index (χ2v) is 4.89. The zero-order valence-electron chi connectivity index (χ0n) is 9.49. The summed E-state index contributed by atoms with van der Waals surface area (Å²) in [6, 6.07) is 6.40. The summed E-state index contributed by atoms with van der Waals surface area (Å²) in [5.41, 5.74) is 1.20. The maximum atomic E-state index is 5.89. The molecule has 1 aromatic carbocycles. The van der Waals surface area contributed by atoms with Gasteiger partial charge in [0.25, 0.3) is 0 Å². The van der Waals surface area contributed by atoms with E-state index in [1.165, 1.54) is 23.4 Å². The molecule has 0 heterocycles. The summed E-state index contributed by atoms with van der Waals surface area (Å²) in [5, 5.41) is 0. The zero-order chi connectivity index (χ0) is 10.8. The van der Waals surface area contributed by atoms with E-state index in [0.29, 0.717) is 6.10 Å². The molecule has 2 rings (SSSR count). The largest absolute Gasteiger partial charge is 0.489 e. The summed E-state index contributed by atoms with van der Waals surface area (Å²) >= 11 is 1.74. The zero-order valence-corrected chi connectivity index (χ0v) is 10.3. The number of ether oxygens (including phenoxy) is 1. The summed E-state index contributed by atoms with van der Waals surface area (Å²) in [5.74, 6) is 1.04. The van der Waals surface area contributed by atoms with Gasteiger partial charge in [0.05, 0.1) is 6.10 Å². The molecule has 0 spiro atoms. The molecule has 0 radical (unpaired) electrons. The molecule has 0 aromatic heterocycles. The third-order valence-electron chi connectivity index (χ3n) is 2.48. The molecule has 1 aliphatic rings. The van der Waals surface area contributed by atoms with Crippen LogP contribution < -0.4 is 9.64 Å². The first-order chi connectivity index (χ1) is 7.20. The number of hydrogen-bond acceptors (Lipinski definition) is 3. The van der Waals surface area contributed by atoms with Gasteiger partial charge in [0, 0.05) is 30.7 Å². The van der Waals surface area contributed by atoms with Crippen molar-refractivity contribution in [1.82, 2.24) is 0 Å². The first kappa shape index (κ1) is 10.7. The van der Waals surface area contributed by atoms with E-state index >= 15 is 0 Å². The molecule has 3 heteroatoms. The molecule has 0 amide bonds. The average Bonchev–Trinajstić information content (AvgIpc) is 3.01. The molecule has 0 N–H and O–H groups in total. The molecule has 1 aliphatic carbocycles. The molecule has 0 unspecified atom stereocenters. The summed E-state index contributed by atoms with van der Waals surface area (Å²) < 4.78 is 5.89. The van der Waals surface area contributed by atoms with Gasteiger partial charge in [-0.05, 0) is 31.2 Å². The highest BCUT2D eigenvalue weighted by Gasteiger charge is 2.24. The minimum absolute atomic E-state index is 0.466. The lowest BCUT2D eigenvalue weighted by Gasteiger charge is -2.16. The van der Waals surface area contributed by atoms with Crippen LogP contribution in [-0.4, -0.2) is 26.5 Å². The van der Waals surface area contributed by atoms with Crippen LogP contribution in [0.2, 0.25) is 0 Å². The smallest absolute Gasteiger partial charge is 0.135 e. The van der Waals surface area contributed by atoms with Crippen LogP contribution in [0, 0.1) is 0 Å². The van der Waals surface area contributed by atoms with E-state index in [4.69, 9.17) is 4.74 Å². The normalized spacial score (nSPS) is 15.1. The van der Waals surface area contributed by atoms with Crippen molar-refractivity contribution in [1.29, 1.82) is 0 Å². The molecule has 2 nitrogen and oxygen atoms in total. The van der Waals surface area contributed by atoms with Crippen molar-refractivity contribution in [2.45, 2.75) is 23.8 Å². The van der Waals surface area contributed by atoms with Gasteiger partial charge in [-0.1, -0.05) is 0 Å². The molecular formula is C12H17NOS. The van der Waals surface area contributed by atoms with Crippen LogP contribution in [-0.2, 0) is 0 Å². The van der Waals surface area contributed by atoms with Gasteiger partial charge in [0.2, 0.25) is 0 Å². The highest BCUT2D eigenvalue weighted by atomic mass is 32.2. The van der Waals surface area contributed by atoms with Gasteiger partial charge in [-0.3, -0.25) is 0 Å². The lowest BCUT2D eigenvalue weighted by atomic mass is 10.3. The number of hydrogen-bond donors (Lipinski definition) is 0. The van der Waals surface area contributed by atoms with Crippen molar-refractivity contribution in [2.75, 3.05) is 25.3 Å². The SMILES string of the molecule is CSc1ccc(N(C)C)cc1OC1CC1. The van der Waals surface area contributed by atoms with E-state index in [1.807, 2.05) is 0 Å². The highest BCUT2D eigenvalue weighted by molar-refractivity contribution is 7.98. The maximum Gasteiger partial charge on any atom is 0.135 e. The molecule has 0 aliphatic heterocycles. The Morgan fingerprint density at radius 3 is 2.60 bits per heavy atom. The van der Waals surface area contributed by atoms with E-state index in [9.17, 15) is 0 Å². The fraction of sp³-hybridized carbons (Fsp3) is 0.500. The van der Waals surface area contributed by atoms with Gasteiger partial charge in [0.1, 0.15) is 5.75 Å². The predicted octanol–water partition coefficient (Wildman–Crippen LogP) is 3.02. The van der Waals surface area contributed by atoms with Crippen LogP contribution in [0.4, 0.5) is 5.69 Å². The number of nitrogens with zero attached hydrogens (tertiary/aromatic N) is 1. The lowest BCUT2D eigenvalue weighted by Crippen LogP contribution is -2.09. The number of rotatable bonds is 4. The minimum atomic E-state index is 0.466. The quantitative estimate of drug-likeness (QED) is 0.728. The van der Waals surface area contributed by atoms with Crippen molar-refractivity contribution in [3.8, 4) is 5.75 Å². The monoisotopic (exact) mass is 223 g/mol. The molecule has 0 saturated heterocycles. The van der Waals surface area contributed by atoms with Gasteiger partial charge in [0.15, 0.2) is 0 Å². The Kier molecular flexibility index (Phi) is 3.10. The summed E-state index contributed by atoms with van der Waals surface area (Å²) in [6.45, 7) is 0. The van der Waals surface area contributed by atoms with Crippen LogP contribution in [0.3, 0.4) is 0 Å². The number of thioether (sulfide) groups is 1. The molecule has 1 aromatic rings. The molecule has 0 atom stereocenters. The lowest BCUT2D eigenvalue weighted by molar-refractivity contribution is 0.296. The van der Waals surface area contributed by atoms with Crippen molar-refractivity contribution in [2.24, 2.45) is 0 Å². The fourth-order valence-electron chi connectivity index (χ4n) is 1.40. The number of benzene rings is 1. The number of anilines is 1. The standard InChI is InChI=1S/C12H17NOS/c1-13(2)9-4-7-12(15-3)11(8-9)14-10-5-6-10/h4,7-8,10H,5-6H2,1-3H3. The molecule has 0 bridgehead atoms. The van der Waals surface area contributed by atoms with Crippen LogP contribution in [0.5, 0.6) is 5.75 Å². The third-order valence-corrected chi connectivity index (χ3v) is 3.26. The first-order valence-electron chi connectivity index (χ1n) is 5.22. The van der Waals surface area contributed by atoms with Crippen LogP contribution in [0.1, 0.15) is 12.8 Å². The molecular weight excluding hydrogens is 206 g/mol. The van der Waals surface area contributed by atoms with Crippen LogP contribution >= 0.6 is 11.8 Å². The Morgan fingerprint density at radius 2 is 2.07 bits per heavy atom. The Hall–Kier alpha value is -0.830. The molecule has 1 saturated carbocycles. The van der Waals surface area contributed by atoms with E-state index in [1.54, 1.807) is 11.8 Å². The second-order valence-electron chi connectivity index (χ2n) is 4.05. The van der Waals surface area contributed by atoms with E-state index in [0.717, 1.165) is 5.75 Å². The van der Waals surface area contributed by atoms with Crippen molar-refractivity contribution < 1.29 is 4.74 Å². The summed E-state index contributed by atoms with van der Waals surface area (Å²) in [6.07, 6.45) is 4.97. The topological polar surface area (TPSA) is 12.5 Å². The Morgan fingerprint density at radius 1 is 1.33 bits per heavy atom. The third kappa shape index (κ3) is 2.59. The molecule has 82 valence electrons. The fourth-order valence-corrected chi connectivity index (χ4v) is 1.91. The Bertz CT molecular complexity index is 347. The summed E-state index contributed by atoms with van der Waals surface area (Å²) in [7, 11) is 4.10. The average molecular weight is 223 g/mol. The van der Waals surface area contributed by atoms with Crippen LogP contribution in [0.25, 0.3) is 0 Å². The Labute approximate surface area is 95.6 Å². The van der Waals surface area contributed by atoms with Crippen molar-refractivity contribution in [3.05, 3.63) is 18.2 Å². The van der Waals surface area contributed by atoms with Crippen molar-refractivity contribution in [3.63, 3.8) is 0 Å². The molecule has 15 heavy (non-hydrogen) atoms. The summed E-state index contributed by atoms with van der Waals surface area (Å²) in [4.78, 5) is 3.33. The minimum Gasteiger partial charge on any atom is -0.489 e. The van der Waals surface area contributed by atoms with Gasteiger partial charge < -0.3 is 9.64 Å². The Balaban J connectivity index is 2.24. The first-order valence-corrected chi connectivity index (χ1v) is 6.45. The van der Waals surface area contributed by atoms with E-state index < -0.39 is 0 Å². The van der Waals surface area contributed by atoms with E-state index in [-0.39, 0.29) is 0 Å². The van der Waals surface area contributed by atoms with Gasteiger partial charge >= 0.3 is 0 Å². The van der Waals surface area contributed by atoms with Gasteiger partial charge in [-0.25, -0.2) is 0 Å². The van der Waals surface area contributed by atoms with Gasteiger partial charge in [-0.15, -0.1) is 11.8 Å². The highest BCUT2D eigenvalue weighted by Crippen LogP contribution is 2.35. The molecule has 1 fully saturated rings.